The molecule has 4 rings (SSSR count). The summed E-state index contributed by atoms with van der Waals surface area (Å²) in [6.45, 7) is 0.400. The van der Waals surface area contributed by atoms with Gasteiger partial charge in [-0.05, 0) is 6.92 Å². The Bertz CT molecular complexity index is 1400. The molecule has 0 aliphatic carbocycles. The Labute approximate surface area is 218 Å². The van der Waals surface area contributed by atoms with Crippen molar-refractivity contribution < 1.29 is 44.3 Å². The molecule has 0 aromatic carbocycles. The van der Waals surface area contributed by atoms with Crippen LogP contribution in [0.3, 0.4) is 0 Å². The number of hydrogen-bond acceptors (Lipinski definition) is 8. The molecule has 0 spiro atoms. The number of alkyl halides is 9. The van der Waals surface area contributed by atoms with Crippen LogP contribution in [0.25, 0.3) is 0 Å². The van der Waals surface area contributed by atoms with Crippen LogP contribution < -0.4 is 15.8 Å². The van der Waals surface area contributed by atoms with E-state index in [4.69, 9.17) is 4.74 Å². The number of ether oxygens (including phenoxy) is 1. The van der Waals surface area contributed by atoms with Gasteiger partial charge in [-0.25, -0.2) is 9.97 Å². The molecule has 1 aliphatic rings. The van der Waals surface area contributed by atoms with Crippen LogP contribution in [0.4, 0.5) is 51.1 Å². The summed E-state index contributed by atoms with van der Waals surface area (Å²) in [6, 6.07) is 0.00994. The molecular formula is C21H19F9N8O2. The lowest BCUT2D eigenvalue weighted by Gasteiger charge is -2.28. The van der Waals surface area contributed by atoms with E-state index in [1.54, 1.807) is 0 Å². The Morgan fingerprint density at radius 1 is 1.00 bits per heavy atom. The average Bonchev–Trinajstić information content (AvgIpc) is 3.21. The van der Waals surface area contributed by atoms with Gasteiger partial charge in [0.25, 0.3) is 5.56 Å². The Balaban J connectivity index is 1.43. The number of nitrogens with zero attached hydrogens (tertiary/aromatic N) is 7. The summed E-state index contributed by atoms with van der Waals surface area (Å²) < 4.78 is 124. The number of fused-ring (bicyclic) bond motifs is 1. The maximum atomic E-state index is 14.0. The predicted molar refractivity (Wildman–Crippen MR) is 118 cm³/mol. The first-order chi connectivity index (χ1) is 18.5. The van der Waals surface area contributed by atoms with E-state index in [2.05, 4.69) is 25.5 Å². The van der Waals surface area contributed by atoms with Gasteiger partial charge in [0.2, 0.25) is 5.95 Å². The molecule has 0 saturated carbocycles. The van der Waals surface area contributed by atoms with Gasteiger partial charge >= 0.3 is 18.7 Å². The van der Waals surface area contributed by atoms with Gasteiger partial charge in [0.15, 0.2) is 0 Å². The predicted octanol–water partition coefficient (Wildman–Crippen LogP) is 3.78. The molecule has 4 heterocycles. The molecule has 1 unspecified atom stereocenters. The molecule has 1 N–H and O–H groups in total. The van der Waals surface area contributed by atoms with Crippen molar-refractivity contribution in [1.82, 2.24) is 29.5 Å². The molecule has 0 radical (unpaired) electrons. The lowest BCUT2D eigenvalue weighted by molar-refractivity contribution is -0.215. The molecule has 19 heteroatoms. The van der Waals surface area contributed by atoms with Crippen molar-refractivity contribution in [3.8, 4) is 0 Å². The Hall–Kier alpha value is -3.90. The van der Waals surface area contributed by atoms with Gasteiger partial charge in [-0.1, -0.05) is 0 Å². The normalized spacial score (nSPS) is 15.2. The van der Waals surface area contributed by atoms with Crippen molar-refractivity contribution in [2.45, 2.75) is 51.3 Å². The third kappa shape index (κ3) is 6.45. The van der Waals surface area contributed by atoms with Gasteiger partial charge in [-0.3, -0.25) is 9.48 Å². The molecule has 10 nitrogen and oxygen atoms in total. The van der Waals surface area contributed by atoms with E-state index in [1.165, 1.54) is 11.8 Å². The molecule has 3 aromatic heterocycles. The molecule has 1 atom stereocenters. The zero-order valence-corrected chi connectivity index (χ0v) is 20.3. The maximum Gasteiger partial charge on any atom is 0.507 e. The number of anilines is 2. The molecule has 3 aromatic rings. The van der Waals surface area contributed by atoms with E-state index in [1.807, 2.05) is 0 Å². The van der Waals surface area contributed by atoms with Crippen LogP contribution in [-0.4, -0.2) is 48.7 Å². The fourth-order valence-electron chi connectivity index (χ4n) is 3.94. The summed E-state index contributed by atoms with van der Waals surface area (Å²) in [5.74, 6) is -0.177. The van der Waals surface area contributed by atoms with Gasteiger partial charge in [-0.15, -0.1) is 17.9 Å². The van der Waals surface area contributed by atoms with E-state index in [0.29, 0.717) is 18.5 Å². The molecule has 40 heavy (non-hydrogen) atoms. The van der Waals surface area contributed by atoms with E-state index >= 15 is 0 Å². The van der Waals surface area contributed by atoms with Crippen molar-refractivity contribution in [2.24, 2.45) is 0 Å². The zero-order valence-electron chi connectivity index (χ0n) is 20.3. The molecule has 0 saturated heterocycles. The van der Waals surface area contributed by atoms with Gasteiger partial charge < -0.3 is 15.0 Å². The van der Waals surface area contributed by atoms with Crippen LogP contribution in [0, 0.1) is 0 Å². The molecular weight excluding hydrogens is 567 g/mol. The van der Waals surface area contributed by atoms with E-state index in [-0.39, 0.29) is 43.6 Å². The monoisotopic (exact) mass is 586 g/mol. The van der Waals surface area contributed by atoms with E-state index in [9.17, 15) is 44.3 Å². The van der Waals surface area contributed by atoms with E-state index < -0.39 is 58.4 Å². The lowest BCUT2D eigenvalue weighted by atomic mass is 10.1. The highest BCUT2D eigenvalue weighted by molar-refractivity contribution is 5.40. The first kappa shape index (κ1) is 29.1. The molecule has 218 valence electrons. The molecule has 0 fully saturated rings. The minimum atomic E-state index is -4.99. The number of halogens is 9. The number of rotatable bonds is 7. The van der Waals surface area contributed by atoms with Crippen molar-refractivity contribution >= 4 is 11.6 Å². The Morgan fingerprint density at radius 2 is 1.68 bits per heavy atom. The van der Waals surface area contributed by atoms with E-state index in [0.717, 1.165) is 10.9 Å². The largest absolute Gasteiger partial charge is 0.507 e. The SMILES string of the molecule is CC(COCc1nn2c(c1C(F)(F)F)CN(c1ncc(C(F)(F)F)cn1)CC2)Nc1cnn(C(F)(F)F)c(=O)c1. The summed E-state index contributed by atoms with van der Waals surface area (Å²) >= 11 is 0. The van der Waals surface area contributed by atoms with Gasteiger partial charge in [0.05, 0.1) is 49.4 Å². The van der Waals surface area contributed by atoms with Crippen LogP contribution in [0.2, 0.25) is 0 Å². The Morgan fingerprint density at radius 3 is 2.25 bits per heavy atom. The lowest BCUT2D eigenvalue weighted by Crippen LogP contribution is -2.36. The fraction of sp³-hybridized carbons (Fsp3) is 0.476. The third-order valence-corrected chi connectivity index (χ3v) is 5.64. The van der Waals surface area contributed by atoms with Crippen LogP contribution in [-0.2, 0) is 43.1 Å². The number of aromatic nitrogens is 6. The van der Waals surface area contributed by atoms with Crippen LogP contribution >= 0.6 is 0 Å². The molecule has 0 bridgehead atoms. The third-order valence-electron chi connectivity index (χ3n) is 5.64. The van der Waals surface area contributed by atoms with Crippen LogP contribution in [0.15, 0.2) is 29.5 Å². The summed E-state index contributed by atoms with van der Waals surface area (Å²) in [6.07, 6.45) is -12.6. The smallest absolute Gasteiger partial charge is 0.379 e. The van der Waals surface area contributed by atoms with Gasteiger partial charge in [0, 0.05) is 31.0 Å². The number of nitrogens with one attached hydrogen (secondary N) is 1. The molecule has 1 aliphatic heterocycles. The standard InChI is InChI=1S/C21H19F9N8O2/c1-11(34-13-4-16(39)38(33-7-13)21(28,29)30)9-40-10-14-17(20(25,26)27)15-8-36(2-3-37(15)35-14)18-31-5-12(6-32-18)19(22,23)24/h4-7,11,34H,2-3,8-10H2,1H3. The minimum absolute atomic E-state index is 0.0305. The first-order valence-electron chi connectivity index (χ1n) is 11.3. The highest BCUT2D eigenvalue weighted by Gasteiger charge is 2.42. The van der Waals surface area contributed by atoms with Crippen molar-refractivity contribution in [1.29, 1.82) is 0 Å². The fourth-order valence-corrected chi connectivity index (χ4v) is 3.94. The summed E-state index contributed by atoms with van der Waals surface area (Å²) in [7, 11) is 0. The molecule has 0 amide bonds. The van der Waals surface area contributed by atoms with Crippen molar-refractivity contribution in [3.05, 3.63) is 57.5 Å². The quantitative estimate of drug-likeness (QED) is 0.418. The highest BCUT2D eigenvalue weighted by atomic mass is 19.4. The van der Waals surface area contributed by atoms with Gasteiger partial charge in [0.1, 0.15) is 11.3 Å². The van der Waals surface area contributed by atoms with Crippen molar-refractivity contribution in [2.75, 3.05) is 23.4 Å². The van der Waals surface area contributed by atoms with Crippen LogP contribution in [0.5, 0.6) is 0 Å². The van der Waals surface area contributed by atoms with Crippen molar-refractivity contribution in [3.63, 3.8) is 0 Å². The second kappa shape index (κ2) is 10.6. The number of hydrogen-bond donors (Lipinski definition) is 1. The summed E-state index contributed by atoms with van der Waals surface area (Å²) in [4.78, 5) is 20.2. The maximum absolute atomic E-state index is 14.0. The average molecular weight is 586 g/mol. The highest BCUT2D eigenvalue weighted by Crippen LogP contribution is 2.37. The second-order valence-corrected chi connectivity index (χ2v) is 8.70. The second-order valence-electron chi connectivity index (χ2n) is 8.70. The van der Waals surface area contributed by atoms with Crippen LogP contribution in [0.1, 0.15) is 29.4 Å². The van der Waals surface area contributed by atoms with Gasteiger partial charge in [-0.2, -0.15) is 36.5 Å². The Kier molecular flexibility index (Phi) is 7.70. The summed E-state index contributed by atoms with van der Waals surface area (Å²) in [5, 5.41) is 9.69. The minimum Gasteiger partial charge on any atom is -0.379 e. The summed E-state index contributed by atoms with van der Waals surface area (Å²) in [5.41, 5.74) is -4.33. The first-order valence-corrected chi connectivity index (χ1v) is 11.3. The zero-order chi connectivity index (χ0) is 29.5. The topological polar surface area (TPSA) is 103 Å².